The monoisotopic (exact) mass is 223 g/mol. The molecule has 0 amide bonds. The normalized spacial score (nSPS) is 15.9. The Balaban J connectivity index is 2.10. The molecule has 0 fully saturated rings. The van der Waals surface area contributed by atoms with Crippen molar-refractivity contribution < 1.29 is 14.6 Å². The van der Waals surface area contributed by atoms with E-state index in [-0.39, 0.29) is 0 Å². The third-order valence-corrected chi connectivity index (χ3v) is 2.63. The Labute approximate surface area is 95.0 Å². The van der Waals surface area contributed by atoms with E-state index in [4.69, 9.17) is 15.2 Å². The van der Waals surface area contributed by atoms with Crippen molar-refractivity contribution in [2.45, 2.75) is 18.9 Å². The maximum Gasteiger partial charge on any atom is 0.161 e. The number of aliphatic hydroxyl groups excluding tert-OH is 1. The Morgan fingerprint density at radius 1 is 1.25 bits per heavy atom. The van der Waals surface area contributed by atoms with Crippen LogP contribution in [0.3, 0.4) is 0 Å². The summed E-state index contributed by atoms with van der Waals surface area (Å²) in [6.07, 6.45) is 1.02. The van der Waals surface area contributed by atoms with Gasteiger partial charge in [-0.15, -0.1) is 0 Å². The largest absolute Gasteiger partial charge is 0.486 e. The van der Waals surface area contributed by atoms with Crippen LogP contribution in [0.1, 0.15) is 24.5 Å². The second-order valence-corrected chi connectivity index (χ2v) is 3.85. The van der Waals surface area contributed by atoms with Gasteiger partial charge in [0.15, 0.2) is 11.5 Å². The average Bonchev–Trinajstić information content (AvgIpc) is 2.35. The highest BCUT2D eigenvalue weighted by Gasteiger charge is 2.14. The van der Waals surface area contributed by atoms with Crippen molar-refractivity contribution in [1.29, 1.82) is 0 Å². The fourth-order valence-electron chi connectivity index (χ4n) is 1.75. The van der Waals surface area contributed by atoms with Gasteiger partial charge in [-0.05, 0) is 37.1 Å². The van der Waals surface area contributed by atoms with E-state index in [0.717, 1.165) is 23.5 Å². The zero-order chi connectivity index (χ0) is 11.4. The van der Waals surface area contributed by atoms with Crippen LogP contribution in [0.25, 0.3) is 0 Å². The van der Waals surface area contributed by atoms with Crippen LogP contribution < -0.4 is 15.2 Å². The van der Waals surface area contributed by atoms with Crippen molar-refractivity contribution in [2.75, 3.05) is 19.8 Å². The lowest BCUT2D eigenvalue weighted by Gasteiger charge is -2.20. The summed E-state index contributed by atoms with van der Waals surface area (Å²) in [5.74, 6) is 1.47. The highest BCUT2D eigenvalue weighted by Crippen LogP contribution is 2.33. The van der Waals surface area contributed by atoms with Gasteiger partial charge >= 0.3 is 0 Å². The number of hydrogen-bond acceptors (Lipinski definition) is 4. The van der Waals surface area contributed by atoms with Gasteiger partial charge in [-0.3, -0.25) is 0 Å². The summed E-state index contributed by atoms with van der Waals surface area (Å²) in [5.41, 5.74) is 6.27. The molecule has 4 heteroatoms. The van der Waals surface area contributed by atoms with Gasteiger partial charge in [0, 0.05) is 0 Å². The molecule has 0 spiro atoms. The summed E-state index contributed by atoms with van der Waals surface area (Å²) in [6, 6.07) is 5.56. The highest BCUT2D eigenvalue weighted by molar-refractivity contribution is 5.44. The van der Waals surface area contributed by atoms with Crippen molar-refractivity contribution in [3.05, 3.63) is 23.8 Å². The quantitative estimate of drug-likeness (QED) is 0.805. The number of hydrogen-bond donors (Lipinski definition) is 2. The molecule has 2 rings (SSSR count). The topological polar surface area (TPSA) is 64.7 Å². The van der Waals surface area contributed by atoms with Gasteiger partial charge in [0.05, 0.1) is 6.10 Å². The minimum atomic E-state index is -0.473. The summed E-state index contributed by atoms with van der Waals surface area (Å²) in [4.78, 5) is 0. The molecule has 4 nitrogen and oxygen atoms in total. The first-order valence-electron chi connectivity index (χ1n) is 5.59. The minimum absolute atomic E-state index is 0.473. The standard InChI is InChI=1S/C12H17NO3/c13-5-1-2-10(14)9-3-4-11-12(8-9)16-7-6-15-11/h3-4,8,10,14H,1-2,5-7,13H2. The van der Waals surface area contributed by atoms with Gasteiger partial charge in [-0.25, -0.2) is 0 Å². The molecule has 1 aromatic carbocycles. The molecule has 0 saturated carbocycles. The Hall–Kier alpha value is -1.26. The molecule has 1 aromatic rings. The second-order valence-electron chi connectivity index (χ2n) is 3.85. The molecule has 1 unspecified atom stereocenters. The fourth-order valence-corrected chi connectivity index (χ4v) is 1.75. The molecular formula is C12H17NO3. The smallest absolute Gasteiger partial charge is 0.161 e. The van der Waals surface area contributed by atoms with Gasteiger partial charge in [-0.1, -0.05) is 6.07 Å². The fraction of sp³-hybridized carbons (Fsp3) is 0.500. The molecule has 0 bridgehead atoms. The van der Waals surface area contributed by atoms with Gasteiger partial charge in [-0.2, -0.15) is 0 Å². The van der Waals surface area contributed by atoms with Crippen LogP contribution in [0.4, 0.5) is 0 Å². The van der Waals surface area contributed by atoms with Gasteiger partial charge in [0.25, 0.3) is 0 Å². The molecule has 0 aromatic heterocycles. The van der Waals surface area contributed by atoms with Gasteiger partial charge in [0.1, 0.15) is 13.2 Å². The van der Waals surface area contributed by atoms with Crippen molar-refractivity contribution in [1.82, 2.24) is 0 Å². The maximum atomic E-state index is 9.90. The number of rotatable bonds is 4. The number of nitrogens with two attached hydrogens (primary N) is 1. The summed E-state index contributed by atoms with van der Waals surface area (Å²) < 4.78 is 10.9. The Bertz CT molecular complexity index is 354. The van der Waals surface area contributed by atoms with E-state index in [1.807, 2.05) is 18.2 Å². The Morgan fingerprint density at radius 2 is 2.00 bits per heavy atom. The number of aliphatic hydroxyl groups is 1. The number of ether oxygens (including phenoxy) is 2. The van der Waals surface area contributed by atoms with Crippen LogP contribution in [-0.2, 0) is 0 Å². The van der Waals surface area contributed by atoms with Gasteiger partial charge < -0.3 is 20.3 Å². The van der Waals surface area contributed by atoms with Crippen LogP contribution in [0.2, 0.25) is 0 Å². The van der Waals surface area contributed by atoms with E-state index >= 15 is 0 Å². The van der Waals surface area contributed by atoms with Crippen molar-refractivity contribution in [3.8, 4) is 11.5 Å². The second kappa shape index (κ2) is 5.18. The highest BCUT2D eigenvalue weighted by atomic mass is 16.6. The van der Waals surface area contributed by atoms with Crippen molar-refractivity contribution in [3.63, 3.8) is 0 Å². The number of fused-ring (bicyclic) bond motifs is 1. The molecule has 88 valence electrons. The third kappa shape index (κ3) is 2.46. The lowest BCUT2D eigenvalue weighted by Crippen LogP contribution is -2.15. The zero-order valence-electron chi connectivity index (χ0n) is 9.19. The van der Waals surface area contributed by atoms with Crippen molar-refractivity contribution >= 4 is 0 Å². The summed E-state index contributed by atoms with van der Waals surface area (Å²) in [5, 5.41) is 9.90. The van der Waals surface area contributed by atoms with Crippen LogP contribution >= 0.6 is 0 Å². The molecule has 0 saturated heterocycles. The van der Waals surface area contributed by atoms with E-state index in [2.05, 4.69) is 0 Å². The van der Waals surface area contributed by atoms with E-state index in [1.165, 1.54) is 0 Å². The van der Waals surface area contributed by atoms with E-state index in [9.17, 15) is 5.11 Å². The predicted molar refractivity (Wildman–Crippen MR) is 60.7 cm³/mol. The maximum absolute atomic E-state index is 9.90. The molecule has 0 aliphatic carbocycles. The predicted octanol–water partition coefficient (Wildman–Crippen LogP) is 1.23. The van der Waals surface area contributed by atoms with Crippen LogP contribution in [-0.4, -0.2) is 24.9 Å². The van der Waals surface area contributed by atoms with Crippen LogP contribution in [0.5, 0.6) is 11.5 Å². The zero-order valence-corrected chi connectivity index (χ0v) is 9.19. The van der Waals surface area contributed by atoms with E-state index in [1.54, 1.807) is 0 Å². The molecule has 1 aliphatic heterocycles. The molecule has 16 heavy (non-hydrogen) atoms. The van der Waals surface area contributed by atoms with Crippen LogP contribution in [0.15, 0.2) is 18.2 Å². The van der Waals surface area contributed by atoms with Crippen LogP contribution in [0, 0.1) is 0 Å². The molecule has 0 radical (unpaired) electrons. The van der Waals surface area contributed by atoms with E-state index in [0.29, 0.717) is 26.2 Å². The lowest BCUT2D eigenvalue weighted by atomic mass is 10.0. The van der Waals surface area contributed by atoms with Gasteiger partial charge in [0.2, 0.25) is 0 Å². The number of benzene rings is 1. The molecule has 1 heterocycles. The van der Waals surface area contributed by atoms with E-state index < -0.39 is 6.10 Å². The molecule has 3 N–H and O–H groups in total. The lowest BCUT2D eigenvalue weighted by molar-refractivity contribution is 0.158. The Morgan fingerprint density at radius 3 is 2.75 bits per heavy atom. The van der Waals surface area contributed by atoms with Crippen molar-refractivity contribution in [2.24, 2.45) is 5.73 Å². The first-order chi connectivity index (χ1) is 7.81. The average molecular weight is 223 g/mol. The first kappa shape index (κ1) is 11.2. The summed E-state index contributed by atoms with van der Waals surface area (Å²) in [6.45, 7) is 1.75. The summed E-state index contributed by atoms with van der Waals surface area (Å²) in [7, 11) is 0. The molecule has 1 aliphatic rings. The first-order valence-corrected chi connectivity index (χ1v) is 5.59. The third-order valence-electron chi connectivity index (χ3n) is 2.63. The summed E-state index contributed by atoms with van der Waals surface area (Å²) >= 11 is 0. The molecular weight excluding hydrogens is 206 g/mol. The SMILES string of the molecule is NCCCC(O)c1ccc2c(c1)OCCO2. The molecule has 1 atom stereocenters. The minimum Gasteiger partial charge on any atom is -0.486 e. The Kier molecular flexibility index (Phi) is 3.64.